The third-order valence-electron chi connectivity index (χ3n) is 4.45. The number of fused-ring (bicyclic) bond motifs is 1. The Hall–Kier alpha value is -1.95. The number of ether oxygens (including phenoxy) is 1. The van der Waals surface area contributed by atoms with Gasteiger partial charge in [0, 0.05) is 11.0 Å². The van der Waals surface area contributed by atoms with Crippen LogP contribution in [-0.4, -0.2) is 33.2 Å². The highest BCUT2D eigenvalue weighted by atomic mass is 79.9. The summed E-state index contributed by atoms with van der Waals surface area (Å²) in [6.45, 7) is 4.01. The van der Waals surface area contributed by atoms with Gasteiger partial charge in [0.25, 0.3) is 0 Å². The fourth-order valence-electron chi connectivity index (χ4n) is 3.26. The van der Waals surface area contributed by atoms with Gasteiger partial charge in [0.1, 0.15) is 5.69 Å². The lowest BCUT2D eigenvalue weighted by Gasteiger charge is -2.43. The predicted octanol–water partition coefficient (Wildman–Crippen LogP) is 3.25. The molecule has 2 atom stereocenters. The Bertz CT molecular complexity index is 782. The minimum Gasteiger partial charge on any atom is -0.464 e. The molecule has 1 aliphatic carbocycles. The molecule has 5 nitrogen and oxygen atoms in total. The number of ketones is 1. The monoisotopic (exact) mass is 376 g/mol. The van der Waals surface area contributed by atoms with Crippen LogP contribution >= 0.6 is 15.9 Å². The number of hydrogen-bond donors (Lipinski definition) is 0. The van der Waals surface area contributed by atoms with Crippen molar-refractivity contribution in [1.82, 2.24) is 9.55 Å². The zero-order valence-electron chi connectivity index (χ0n) is 13.1. The quantitative estimate of drug-likeness (QED) is 0.596. The molecule has 2 aromatic rings. The SMILES string of the molecule is COC(=O)c1cncn1C1c2ccccc2C(=O)C(Br)C1(C)C. The summed E-state index contributed by atoms with van der Waals surface area (Å²) in [7, 11) is 1.34. The van der Waals surface area contributed by atoms with Crippen molar-refractivity contribution in [3.05, 3.63) is 53.6 Å². The van der Waals surface area contributed by atoms with E-state index in [1.807, 2.05) is 38.1 Å². The van der Waals surface area contributed by atoms with Gasteiger partial charge in [0.2, 0.25) is 0 Å². The summed E-state index contributed by atoms with van der Waals surface area (Å²) in [5, 5.41) is 0. The van der Waals surface area contributed by atoms with Crippen LogP contribution in [0.1, 0.15) is 46.3 Å². The molecular weight excluding hydrogens is 360 g/mol. The molecule has 0 saturated heterocycles. The van der Waals surface area contributed by atoms with E-state index >= 15 is 0 Å². The van der Waals surface area contributed by atoms with E-state index in [-0.39, 0.29) is 16.7 Å². The maximum atomic E-state index is 12.7. The maximum Gasteiger partial charge on any atom is 0.356 e. The molecule has 0 radical (unpaired) electrons. The normalized spacial score (nSPS) is 22.5. The van der Waals surface area contributed by atoms with E-state index in [2.05, 4.69) is 20.9 Å². The molecule has 120 valence electrons. The number of halogens is 1. The van der Waals surface area contributed by atoms with Gasteiger partial charge < -0.3 is 9.30 Å². The Morgan fingerprint density at radius 3 is 2.74 bits per heavy atom. The van der Waals surface area contributed by atoms with Crippen molar-refractivity contribution in [2.24, 2.45) is 5.41 Å². The molecule has 0 bridgehead atoms. The van der Waals surface area contributed by atoms with Crippen LogP contribution in [0.25, 0.3) is 0 Å². The maximum absolute atomic E-state index is 12.7. The molecule has 0 fully saturated rings. The van der Waals surface area contributed by atoms with Crippen molar-refractivity contribution < 1.29 is 14.3 Å². The van der Waals surface area contributed by atoms with Crippen LogP contribution in [0, 0.1) is 5.41 Å². The lowest BCUT2D eigenvalue weighted by atomic mass is 9.69. The zero-order valence-corrected chi connectivity index (χ0v) is 14.7. The van der Waals surface area contributed by atoms with E-state index in [0.29, 0.717) is 11.3 Å². The lowest BCUT2D eigenvalue weighted by Crippen LogP contribution is -2.45. The van der Waals surface area contributed by atoms with Gasteiger partial charge in [-0.1, -0.05) is 54.0 Å². The summed E-state index contributed by atoms with van der Waals surface area (Å²) < 4.78 is 6.65. The molecule has 3 rings (SSSR count). The van der Waals surface area contributed by atoms with E-state index in [1.54, 1.807) is 10.9 Å². The Balaban J connectivity index is 2.25. The number of carbonyl (C=O) groups excluding carboxylic acids is 2. The first-order chi connectivity index (χ1) is 10.9. The number of imidazole rings is 1. The van der Waals surface area contributed by atoms with Gasteiger partial charge >= 0.3 is 5.97 Å². The smallest absolute Gasteiger partial charge is 0.356 e. The van der Waals surface area contributed by atoms with E-state index in [4.69, 9.17) is 4.74 Å². The van der Waals surface area contributed by atoms with Crippen LogP contribution in [0.15, 0.2) is 36.8 Å². The highest BCUT2D eigenvalue weighted by Gasteiger charge is 2.48. The number of nitrogens with zero attached hydrogens (tertiary/aromatic N) is 2. The Morgan fingerprint density at radius 1 is 1.35 bits per heavy atom. The molecular formula is C17H17BrN2O3. The topological polar surface area (TPSA) is 61.2 Å². The molecule has 1 aromatic heterocycles. The average molecular weight is 377 g/mol. The fourth-order valence-corrected chi connectivity index (χ4v) is 3.75. The summed E-state index contributed by atoms with van der Waals surface area (Å²) in [6.07, 6.45) is 3.11. The van der Waals surface area contributed by atoms with Crippen molar-refractivity contribution in [3.63, 3.8) is 0 Å². The van der Waals surface area contributed by atoms with Crippen LogP contribution in [0.2, 0.25) is 0 Å². The molecule has 0 N–H and O–H groups in total. The number of alkyl halides is 1. The van der Waals surface area contributed by atoms with Crippen molar-refractivity contribution in [2.75, 3.05) is 7.11 Å². The van der Waals surface area contributed by atoms with E-state index in [1.165, 1.54) is 13.3 Å². The molecule has 23 heavy (non-hydrogen) atoms. The van der Waals surface area contributed by atoms with Crippen LogP contribution in [0.3, 0.4) is 0 Å². The van der Waals surface area contributed by atoms with E-state index in [9.17, 15) is 9.59 Å². The molecule has 0 spiro atoms. The lowest BCUT2D eigenvalue weighted by molar-refractivity contribution is 0.0581. The van der Waals surface area contributed by atoms with Crippen LogP contribution < -0.4 is 0 Å². The Labute approximate surface area is 142 Å². The zero-order chi connectivity index (χ0) is 16.8. The van der Waals surface area contributed by atoms with Gasteiger partial charge in [-0.25, -0.2) is 9.78 Å². The minimum absolute atomic E-state index is 0.0570. The van der Waals surface area contributed by atoms with Gasteiger partial charge in [-0.15, -0.1) is 0 Å². The standard InChI is InChI=1S/C17H17BrN2O3/c1-17(2)14(18)13(21)10-6-4-5-7-11(10)15(17)20-9-19-8-12(20)16(22)23-3/h4-9,14-15H,1-3H3. The predicted molar refractivity (Wildman–Crippen MR) is 89.0 cm³/mol. The van der Waals surface area contributed by atoms with Crippen molar-refractivity contribution in [2.45, 2.75) is 24.7 Å². The number of aromatic nitrogens is 2. The summed E-state index contributed by atoms with van der Waals surface area (Å²) in [4.78, 5) is 28.5. The first-order valence-corrected chi connectivity index (χ1v) is 8.18. The number of esters is 1. The summed E-state index contributed by atoms with van der Waals surface area (Å²) in [5.74, 6) is -0.389. The van der Waals surface area contributed by atoms with Gasteiger partial charge in [0.05, 0.1) is 30.5 Å². The van der Waals surface area contributed by atoms with E-state index < -0.39 is 11.4 Å². The van der Waals surface area contributed by atoms with Gasteiger partial charge in [-0.3, -0.25) is 4.79 Å². The van der Waals surface area contributed by atoms with Gasteiger partial charge in [-0.05, 0) is 5.56 Å². The van der Waals surface area contributed by atoms with Crippen molar-refractivity contribution in [3.8, 4) is 0 Å². The molecule has 1 aliphatic rings. The molecule has 2 unspecified atom stereocenters. The minimum atomic E-state index is -0.449. The third kappa shape index (κ3) is 2.32. The highest BCUT2D eigenvalue weighted by Crippen LogP contribution is 2.49. The number of carbonyl (C=O) groups is 2. The average Bonchev–Trinajstić information content (AvgIpc) is 3.01. The molecule has 0 saturated carbocycles. The largest absolute Gasteiger partial charge is 0.464 e. The Kier molecular flexibility index (Phi) is 3.88. The number of methoxy groups -OCH3 is 1. The molecule has 6 heteroatoms. The summed E-state index contributed by atoms with van der Waals surface area (Å²) >= 11 is 3.55. The number of benzene rings is 1. The number of Topliss-reactive ketones (excluding diaryl/α,β-unsaturated/α-hetero) is 1. The molecule has 0 aliphatic heterocycles. The van der Waals surface area contributed by atoms with Crippen molar-refractivity contribution >= 4 is 27.7 Å². The Morgan fingerprint density at radius 2 is 2.04 bits per heavy atom. The second kappa shape index (κ2) is 5.60. The molecule has 1 aromatic carbocycles. The van der Waals surface area contributed by atoms with Crippen LogP contribution in [0.5, 0.6) is 0 Å². The van der Waals surface area contributed by atoms with E-state index in [0.717, 1.165) is 5.56 Å². The summed E-state index contributed by atoms with van der Waals surface area (Å²) in [6, 6.07) is 7.29. The van der Waals surface area contributed by atoms with Gasteiger partial charge in [-0.2, -0.15) is 0 Å². The summed E-state index contributed by atoms with van der Waals surface area (Å²) in [5.41, 5.74) is 1.48. The molecule has 0 amide bonds. The highest BCUT2D eigenvalue weighted by molar-refractivity contribution is 9.10. The van der Waals surface area contributed by atoms with Crippen LogP contribution in [-0.2, 0) is 4.74 Å². The number of hydrogen-bond acceptors (Lipinski definition) is 4. The molecule has 1 heterocycles. The second-order valence-corrected chi connectivity index (χ2v) is 7.13. The fraction of sp³-hybridized carbons (Fsp3) is 0.353. The second-order valence-electron chi connectivity index (χ2n) is 6.22. The van der Waals surface area contributed by atoms with Crippen LogP contribution in [0.4, 0.5) is 0 Å². The van der Waals surface area contributed by atoms with Crippen molar-refractivity contribution in [1.29, 1.82) is 0 Å². The first kappa shape index (κ1) is 15.9. The third-order valence-corrected chi connectivity index (χ3v) is 6.04. The number of rotatable bonds is 2. The first-order valence-electron chi connectivity index (χ1n) is 7.27. The van der Waals surface area contributed by atoms with Gasteiger partial charge in [0.15, 0.2) is 5.78 Å².